The van der Waals surface area contributed by atoms with Gasteiger partial charge in [0.05, 0.1) is 11.0 Å². The molecule has 1 aliphatic carbocycles. The topological polar surface area (TPSA) is 72.2 Å². The number of nitrogens with one attached hydrogen (secondary N) is 1. The lowest BCUT2D eigenvalue weighted by atomic mass is 9.60. The molecule has 7 heteroatoms. The van der Waals surface area contributed by atoms with Crippen molar-refractivity contribution in [2.45, 2.75) is 31.4 Å². The average Bonchev–Trinajstić information content (AvgIpc) is 3.01. The summed E-state index contributed by atoms with van der Waals surface area (Å²) < 4.78 is 39.0. The molecular weight excluding hydrogens is 369 g/mol. The number of halogens is 3. The molecule has 2 unspecified atom stereocenters. The van der Waals surface area contributed by atoms with Gasteiger partial charge in [-0.05, 0) is 54.2 Å². The van der Waals surface area contributed by atoms with Gasteiger partial charge in [0.2, 0.25) is 11.8 Å². The zero-order valence-corrected chi connectivity index (χ0v) is 15.0. The maximum Gasteiger partial charge on any atom is 0.416 e. The Bertz CT molecular complexity index is 953. The number of hydrogen-bond donors (Lipinski definition) is 2. The first kappa shape index (κ1) is 18.5. The van der Waals surface area contributed by atoms with Crippen molar-refractivity contribution in [3.05, 3.63) is 70.3 Å². The zero-order valence-electron chi connectivity index (χ0n) is 15.0. The van der Waals surface area contributed by atoms with Crippen LogP contribution in [0.15, 0.2) is 42.5 Å². The molecule has 0 radical (unpaired) electrons. The lowest BCUT2D eigenvalue weighted by Crippen LogP contribution is -2.41. The van der Waals surface area contributed by atoms with Gasteiger partial charge in [-0.25, -0.2) is 0 Å². The fourth-order valence-corrected chi connectivity index (χ4v) is 4.74. The van der Waals surface area contributed by atoms with Crippen LogP contribution in [0, 0.1) is 5.41 Å². The van der Waals surface area contributed by atoms with Crippen molar-refractivity contribution in [2.75, 3.05) is 6.54 Å². The molecule has 3 N–H and O–H groups in total. The molecule has 0 bridgehead atoms. The SMILES string of the molecule is NC(=O)c1cccc2c1CCC1(CCNC1=O)C2c1ccc(C(F)(F)F)cc1. The van der Waals surface area contributed by atoms with E-state index in [2.05, 4.69) is 5.32 Å². The van der Waals surface area contributed by atoms with E-state index in [1.807, 2.05) is 6.07 Å². The molecule has 146 valence electrons. The van der Waals surface area contributed by atoms with E-state index in [1.165, 1.54) is 12.1 Å². The molecular formula is C21H19F3N2O2. The Hall–Kier alpha value is -2.83. The molecule has 1 saturated heterocycles. The Morgan fingerprint density at radius 1 is 1.11 bits per heavy atom. The van der Waals surface area contributed by atoms with Crippen LogP contribution < -0.4 is 11.1 Å². The van der Waals surface area contributed by atoms with Crippen LogP contribution in [0.5, 0.6) is 0 Å². The summed E-state index contributed by atoms with van der Waals surface area (Å²) in [7, 11) is 0. The van der Waals surface area contributed by atoms with Crippen molar-refractivity contribution in [2.24, 2.45) is 11.1 Å². The molecule has 0 saturated carbocycles. The largest absolute Gasteiger partial charge is 0.416 e. The Morgan fingerprint density at radius 2 is 1.82 bits per heavy atom. The molecule has 2 aromatic rings. The van der Waals surface area contributed by atoms with Crippen molar-refractivity contribution in [3.8, 4) is 0 Å². The highest BCUT2D eigenvalue weighted by Crippen LogP contribution is 2.53. The summed E-state index contributed by atoms with van der Waals surface area (Å²) in [5.74, 6) is -1.07. The van der Waals surface area contributed by atoms with Crippen molar-refractivity contribution in [1.29, 1.82) is 0 Å². The van der Waals surface area contributed by atoms with Crippen LogP contribution in [0.25, 0.3) is 0 Å². The molecule has 28 heavy (non-hydrogen) atoms. The fourth-order valence-electron chi connectivity index (χ4n) is 4.74. The molecule has 4 nitrogen and oxygen atoms in total. The normalized spacial score (nSPS) is 24.1. The summed E-state index contributed by atoms with van der Waals surface area (Å²) in [5, 5.41) is 2.87. The Morgan fingerprint density at radius 3 is 2.39 bits per heavy atom. The van der Waals surface area contributed by atoms with Gasteiger partial charge < -0.3 is 11.1 Å². The van der Waals surface area contributed by atoms with Crippen molar-refractivity contribution < 1.29 is 22.8 Å². The van der Waals surface area contributed by atoms with E-state index < -0.39 is 29.0 Å². The van der Waals surface area contributed by atoms with E-state index in [4.69, 9.17) is 5.73 Å². The Balaban J connectivity index is 1.89. The van der Waals surface area contributed by atoms with Crippen LogP contribution in [0.2, 0.25) is 0 Å². The third kappa shape index (κ3) is 2.77. The van der Waals surface area contributed by atoms with Crippen molar-refractivity contribution in [1.82, 2.24) is 5.32 Å². The molecule has 1 fully saturated rings. The van der Waals surface area contributed by atoms with E-state index in [0.717, 1.165) is 23.3 Å². The summed E-state index contributed by atoms with van der Waals surface area (Å²) in [6.07, 6.45) is -2.79. The highest BCUT2D eigenvalue weighted by Gasteiger charge is 2.52. The number of carbonyl (C=O) groups is 2. The lowest BCUT2D eigenvalue weighted by molar-refractivity contribution is -0.137. The Labute approximate surface area is 159 Å². The fraction of sp³-hybridized carbons (Fsp3) is 0.333. The summed E-state index contributed by atoms with van der Waals surface area (Å²) in [6, 6.07) is 10.2. The van der Waals surface area contributed by atoms with Crippen LogP contribution in [0.4, 0.5) is 13.2 Å². The number of benzene rings is 2. The Kier molecular flexibility index (Phi) is 4.21. The first-order valence-corrected chi connectivity index (χ1v) is 9.11. The maximum atomic E-state index is 13.0. The second kappa shape index (κ2) is 6.36. The van der Waals surface area contributed by atoms with Gasteiger partial charge in [0.25, 0.3) is 0 Å². The molecule has 1 spiro atoms. The predicted octanol–water partition coefficient (Wildman–Crippen LogP) is 3.39. The van der Waals surface area contributed by atoms with Gasteiger partial charge in [-0.3, -0.25) is 9.59 Å². The van der Waals surface area contributed by atoms with Crippen molar-refractivity contribution in [3.63, 3.8) is 0 Å². The number of carbonyl (C=O) groups excluding carboxylic acids is 2. The number of rotatable bonds is 2. The van der Waals surface area contributed by atoms with Gasteiger partial charge >= 0.3 is 6.18 Å². The molecule has 2 aromatic carbocycles. The minimum Gasteiger partial charge on any atom is -0.366 e. The average molecular weight is 388 g/mol. The highest BCUT2D eigenvalue weighted by molar-refractivity contribution is 5.95. The third-order valence-corrected chi connectivity index (χ3v) is 6.04. The smallest absolute Gasteiger partial charge is 0.366 e. The van der Waals surface area contributed by atoms with Gasteiger partial charge in [0.1, 0.15) is 0 Å². The van der Waals surface area contributed by atoms with Crippen LogP contribution in [0.3, 0.4) is 0 Å². The summed E-state index contributed by atoms with van der Waals surface area (Å²) in [4.78, 5) is 24.7. The quantitative estimate of drug-likeness (QED) is 0.828. The van der Waals surface area contributed by atoms with Gasteiger partial charge in [0.15, 0.2) is 0 Å². The van der Waals surface area contributed by atoms with Gasteiger partial charge in [-0.2, -0.15) is 13.2 Å². The second-order valence-electron chi connectivity index (χ2n) is 7.45. The molecule has 2 amide bonds. The summed E-state index contributed by atoms with van der Waals surface area (Å²) in [6.45, 7) is 0.529. The number of amides is 2. The van der Waals surface area contributed by atoms with E-state index in [-0.39, 0.29) is 5.91 Å². The standard InChI is InChI=1S/C21H19F3N2O2/c22-21(23,24)13-6-4-12(5-7-13)17-15-2-1-3-16(18(25)27)14(15)8-9-20(17)10-11-26-19(20)28/h1-7,17H,8-11H2,(H2,25,27)(H,26,28). The van der Waals surface area contributed by atoms with Crippen molar-refractivity contribution >= 4 is 11.8 Å². The third-order valence-electron chi connectivity index (χ3n) is 6.04. The number of alkyl halides is 3. The van der Waals surface area contributed by atoms with E-state index in [1.54, 1.807) is 12.1 Å². The van der Waals surface area contributed by atoms with Gasteiger partial charge in [-0.15, -0.1) is 0 Å². The van der Waals surface area contributed by atoms with Gasteiger partial charge in [-0.1, -0.05) is 24.3 Å². The van der Waals surface area contributed by atoms with E-state index in [0.29, 0.717) is 36.9 Å². The van der Waals surface area contributed by atoms with Crippen LogP contribution in [0.1, 0.15) is 51.4 Å². The van der Waals surface area contributed by atoms with Crippen LogP contribution in [-0.4, -0.2) is 18.4 Å². The highest BCUT2D eigenvalue weighted by atomic mass is 19.4. The molecule has 2 aliphatic rings. The minimum atomic E-state index is -4.43. The first-order valence-electron chi connectivity index (χ1n) is 9.11. The molecule has 2 atom stereocenters. The summed E-state index contributed by atoms with van der Waals surface area (Å²) >= 11 is 0. The molecule has 1 heterocycles. The van der Waals surface area contributed by atoms with E-state index in [9.17, 15) is 22.8 Å². The molecule has 4 rings (SSSR count). The maximum absolute atomic E-state index is 13.0. The van der Waals surface area contributed by atoms with E-state index >= 15 is 0 Å². The number of fused-ring (bicyclic) bond motifs is 1. The lowest BCUT2D eigenvalue weighted by Gasteiger charge is -2.41. The summed E-state index contributed by atoms with van der Waals surface area (Å²) in [5.41, 5.74) is 6.66. The molecule has 1 aliphatic heterocycles. The monoisotopic (exact) mass is 388 g/mol. The van der Waals surface area contributed by atoms with Crippen LogP contribution >= 0.6 is 0 Å². The number of nitrogens with two attached hydrogens (primary N) is 1. The van der Waals surface area contributed by atoms with Gasteiger partial charge in [0, 0.05) is 18.0 Å². The number of hydrogen-bond acceptors (Lipinski definition) is 2. The predicted molar refractivity (Wildman–Crippen MR) is 96.6 cm³/mol. The minimum absolute atomic E-state index is 0.0903. The zero-order chi connectivity index (χ0) is 20.1. The van der Waals surface area contributed by atoms with Crippen LogP contribution in [-0.2, 0) is 17.4 Å². The molecule has 0 aromatic heterocycles. The first-order chi connectivity index (χ1) is 13.2. The second-order valence-corrected chi connectivity index (χ2v) is 7.45. The number of primary amides is 1.